The molecule has 5 heteroatoms. The molecule has 1 amide bonds. The molecule has 2 N–H and O–H groups in total. The number of hydrogen-bond donors (Lipinski definition) is 2. The third kappa shape index (κ3) is 5.34. The van der Waals surface area contributed by atoms with Crippen LogP contribution >= 0.6 is 0 Å². The first-order valence-electron chi connectivity index (χ1n) is 8.41. The zero-order valence-corrected chi connectivity index (χ0v) is 14.6. The lowest BCUT2D eigenvalue weighted by molar-refractivity contribution is -0.118. The van der Waals surface area contributed by atoms with Gasteiger partial charge in [0.1, 0.15) is 5.75 Å². The Bertz CT molecular complexity index is 831. The van der Waals surface area contributed by atoms with Crippen LogP contribution in [0.25, 0.3) is 0 Å². The number of benzene rings is 2. The summed E-state index contributed by atoms with van der Waals surface area (Å²) >= 11 is 0. The van der Waals surface area contributed by atoms with Crippen LogP contribution in [0.3, 0.4) is 0 Å². The van der Waals surface area contributed by atoms with Crippen molar-refractivity contribution in [1.29, 1.82) is 0 Å². The maximum absolute atomic E-state index is 12.0. The van der Waals surface area contributed by atoms with Gasteiger partial charge in [-0.15, -0.1) is 0 Å². The number of rotatable bonds is 7. The number of nitrogens with one attached hydrogen (secondary N) is 2. The number of ether oxygens (including phenoxy) is 1. The summed E-state index contributed by atoms with van der Waals surface area (Å²) in [5.41, 5.74) is 4.03. The second-order valence-corrected chi connectivity index (χ2v) is 5.94. The first-order chi connectivity index (χ1) is 12.7. The van der Waals surface area contributed by atoms with Crippen molar-refractivity contribution in [3.8, 4) is 5.75 Å². The molecule has 0 unspecified atom stereocenters. The molecule has 3 aromatic rings. The van der Waals surface area contributed by atoms with Crippen LogP contribution in [0.5, 0.6) is 5.75 Å². The highest BCUT2D eigenvalue weighted by atomic mass is 16.5. The average Bonchev–Trinajstić information content (AvgIpc) is 2.68. The van der Waals surface area contributed by atoms with Crippen molar-refractivity contribution in [3.05, 3.63) is 84.2 Å². The Morgan fingerprint density at radius 3 is 2.27 bits per heavy atom. The highest BCUT2D eigenvalue weighted by Crippen LogP contribution is 2.15. The number of anilines is 2. The Balaban J connectivity index is 1.45. The van der Waals surface area contributed by atoms with Crippen LogP contribution in [-0.2, 0) is 11.3 Å². The van der Waals surface area contributed by atoms with Crippen molar-refractivity contribution in [3.63, 3.8) is 0 Å². The topological polar surface area (TPSA) is 63.2 Å². The fourth-order valence-electron chi connectivity index (χ4n) is 2.36. The van der Waals surface area contributed by atoms with Crippen LogP contribution in [-0.4, -0.2) is 17.5 Å². The molecule has 0 aliphatic rings. The predicted molar refractivity (Wildman–Crippen MR) is 103 cm³/mol. The van der Waals surface area contributed by atoms with Gasteiger partial charge in [0, 0.05) is 30.3 Å². The van der Waals surface area contributed by atoms with Gasteiger partial charge in [0.15, 0.2) is 6.61 Å². The van der Waals surface area contributed by atoms with Gasteiger partial charge in [0.05, 0.1) is 0 Å². The van der Waals surface area contributed by atoms with Crippen molar-refractivity contribution < 1.29 is 9.53 Å². The maximum Gasteiger partial charge on any atom is 0.262 e. The van der Waals surface area contributed by atoms with Crippen molar-refractivity contribution in [2.24, 2.45) is 0 Å². The average molecular weight is 347 g/mol. The zero-order chi connectivity index (χ0) is 18.2. The number of carbonyl (C=O) groups is 1. The molecule has 26 heavy (non-hydrogen) atoms. The van der Waals surface area contributed by atoms with E-state index in [1.54, 1.807) is 12.4 Å². The van der Waals surface area contributed by atoms with Crippen molar-refractivity contribution in [1.82, 2.24) is 4.98 Å². The number of aromatic nitrogens is 1. The molecule has 0 spiro atoms. The van der Waals surface area contributed by atoms with E-state index in [9.17, 15) is 4.79 Å². The lowest BCUT2D eigenvalue weighted by Crippen LogP contribution is -2.20. The van der Waals surface area contributed by atoms with Crippen LogP contribution < -0.4 is 15.4 Å². The van der Waals surface area contributed by atoms with Crippen LogP contribution in [0, 0.1) is 6.92 Å². The van der Waals surface area contributed by atoms with E-state index < -0.39 is 0 Å². The van der Waals surface area contributed by atoms with E-state index in [4.69, 9.17) is 4.74 Å². The second-order valence-electron chi connectivity index (χ2n) is 5.94. The summed E-state index contributed by atoms with van der Waals surface area (Å²) in [6, 6.07) is 19.1. The Morgan fingerprint density at radius 2 is 1.58 bits per heavy atom. The molecular weight excluding hydrogens is 326 g/mol. The number of aryl methyl sites for hydroxylation is 1. The van der Waals surface area contributed by atoms with Gasteiger partial charge >= 0.3 is 0 Å². The summed E-state index contributed by atoms with van der Waals surface area (Å²) in [6.45, 7) is 2.70. The zero-order valence-electron chi connectivity index (χ0n) is 14.6. The molecule has 0 aliphatic carbocycles. The first-order valence-corrected chi connectivity index (χ1v) is 8.41. The van der Waals surface area contributed by atoms with E-state index in [0.717, 1.165) is 29.0 Å². The molecule has 0 atom stereocenters. The summed E-state index contributed by atoms with van der Waals surface area (Å²) in [5, 5.41) is 6.15. The lowest BCUT2D eigenvalue weighted by atomic mass is 10.2. The van der Waals surface area contributed by atoms with Crippen LogP contribution in [0.2, 0.25) is 0 Å². The van der Waals surface area contributed by atoms with Crippen LogP contribution in [0.4, 0.5) is 11.4 Å². The van der Waals surface area contributed by atoms with Crippen LogP contribution in [0.1, 0.15) is 11.1 Å². The quantitative estimate of drug-likeness (QED) is 0.678. The summed E-state index contributed by atoms with van der Waals surface area (Å²) in [4.78, 5) is 16.0. The van der Waals surface area contributed by atoms with E-state index in [0.29, 0.717) is 5.75 Å². The van der Waals surface area contributed by atoms with Gasteiger partial charge in [0.25, 0.3) is 5.91 Å². The minimum atomic E-state index is -0.192. The summed E-state index contributed by atoms with van der Waals surface area (Å²) in [5.74, 6) is 0.490. The van der Waals surface area contributed by atoms with Gasteiger partial charge in [0.2, 0.25) is 0 Å². The van der Waals surface area contributed by atoms with Crippen molar-refractivity contribution >= 4 is 17.3 Å². The van der Waals surface area contributed by atoms with Gasteiger partial charge in [-0.2, -0.15) is 0 Å². The molecule has 132 valence electrons. The number of carbonyl (C=O) groups excluding carboxylic acids is 1. The van der Waals surface area contributed by atoms with Gasteiger partial charge in [-0.25, -0.2) is 0 Å². The third-order valence-corrected chi connectivity index (χ3v) is 3.81. The fourth-order valence-corrected chi connectivity index (χ4v) is 2.36. The minimum absolute atomic E-state index is 0.0227. The van der Waals surface area contributed by atoms with E-state index in [2.05, 4.69) is 15.6 Å². The SMILES string of the molecule is Cc1ccc(OCC(=O)Nc2ccc(NCc3ccncc3)cc2)cc1. The molecule has 0 radical (unpaired) electrons. The molecule has 5 nitrogen and oxygen atoms in total. The predicted octanol–water partition coefficient (Wildman–Crippen LogP) is 4.02. The molecule has 0 bridgehead atoms. The van der Waals surface area contributed by atoms with Crippen LogP contribution in [0.15, 0.2) is 73.1 Å². The molecule has 3 rings (SSSR count). The summed E-state index contributed by atoms with van der Waals surface area (Å²) < 4.78 is 5.48. The summed E-state index contributed by atoms with van der Waals surface area (Å²) in [6.07, 6.45) is 3.54. The smallest absolute Gasteiger partial charge is 0.262 e. The van der Waals surface area contributed by atoms with Gasteiger partial charge in [-0.05, 0) is 61.0 Å². The number of amides is 1. The van der Waals surface area contributed by atoms with E-state index in [-0.39, 0.29) is 12.5 Å². The molecule has 0 aliphatic heterocycles. The fraction of sp³-hybridized carbons (Fsp3) is 0.143. The van der Waals surface area contributed by atoms with Gasteiger partial charge in [-0.1, -0.05) is 17.7 Å². The Labute approximate surface area is 153 Å². The molecular formula is C21H21N3O2. The van der Waals surface area contributed by atoms with Gasteiger partial charge < -0.3 is 15.4 Å². The van der Waals surface area contributed by atoms with Crippen molar-refractivity contribution in [2.45, 2.75) is 13.5 Å². The normalized spacial score (nSPS) is 10.2. The summed E-state index contributed by atoms with van der Waals surface area (Å²) in [7, 11) is 0. The number of nitrogens with zero attached hydrogens (tertiary/aromatic N) is 1. The Hall–Kier alpha value is -3.34. The van der Waals surface area contributed by atoms with E-state index in [1.807, 2.05) is 67.6 Å². The van der Waals surface area contributed by atoms with E-state index >= 15 is 0 Å². The molecule has 0 saturated carbocycles. The number of hydrogen-bond acceptors (Lipinski definition) is 4. The molecule has 1 aromatic heterocycles. The third-order valence-electron chi connectivity index (χ3n) is 3.81. The van der Waals surface area contributed by atoms with Gasteiger partial charge in [-0.3, -0.25) is 9.78 Å². The largest absolute Gasteiger partial charge is 0.484 e. The Morgan fingerprint density at radius 1 is 0.923 bits per heavy atom. The van der Waals surface area contributed by atoms with Crippen molar-refractivity contribution in [2.75, 3.05) is 17.2 Å². The highest BCUT2D eigenvalue weighted by Gasteiger charge is 2.04. The molecule has 1 heterocycles. The first kappa shape index (κ1) is 17.5. The minimum Gasteiger partial charge on any atom is -0.484 e. The molecule has 2 aromatic carbocycles. The maximum atomic E-state index is 12.0. The van der Waals surface area contributed by atoms with E-state index in [1.165, 1.54) is 0 Å². The number of pyridine rings is 1. The Kier molecular flexibility index (Phi) is 5.83. The monoisotopic (exact) mass is 347 g/mol. The second kappa shape index (κ2) is 8.67. The lowest BCUT2D eigenvalue weighted by Gasteiger charge is -2.10. The molecule has 0 fully saturated rings. The standard InChI is InChI=1S/C21H21N3O2/c1-16-2-8-20(9-3-16)26-15-21(25)24-19-6-4-18(5-7-19)23-14-17-10-12-22-13-11-17/h2-13,23H,14-15H2,1H3,(H,24,25). The highest BCUT2D eigenvalue weighted by molar-refractivity contribution is 5.92. The molecule has 0 saturated heterocycles.